The minimum absolute atomic E-state index is 0.0406. The van der Waals surface area contributed by atoms with Gasteiger partial charge < -0.3 is 19.1 Å². The van der Waals surface area contributed by atoms with Gasteiger partial charge in [-0.15, -0.1) is 0 Å². The summed E-state index contributed by atoms with van der Waals surface area (Å²) < 4.78 is 8.69. The van der Waals surface area contributed by atoms with Crippen LogP contribution in [0.1, 0.15) is 62.9 Å². The van der Waals surface area contributed by atoms with Crippen molar-refractivity contribution in [2.45, 2.75) is 70.1 Å². The number of nitriles is 1. The molecule has 162 valence electrons. The van der Waals surface area contributed by atoms with Gasteiger partial charge in [0, 0.05) is 51.8 Å². The molecule has 30 heavy (non-hydrogen) atoms. The van der Waals surface area contributed by atoms with Gasteiger partial charge in [0.15, 0.2) is 0 Å². The molecule has 0 atom stereocenters. The first-order valence-electron chi connectivity index (χ1n) is 11.6. The second-order valence-corrected chi connectivity index (χ2v) is 9.90. The molecule has 0 aromatic carbocycles. The normalized spacial score (nSPS) is 24.8. The van der Waals surface area contributed by atoms with Gasteiger partial charge >= 0.3 is 0 Å². The quantitative estimate of drug-likeness (QED) is 0.745. The fourth-order valence-corrected chi connectivity index (χ4v) is 5.72. The Morgan fingerprint density at radius 1 is 1.27 bits per heavy atom. The number of ether oxygens (including phenoxy) is 1. The van der Waals surface area contributed by atoms with E-state index in [1.807, 2.05) is 11.1 Å². The summed E-state index contributed by atoms with van der Waals surface area (Å²) in [4.78, 5) is 22.3. The van der Waals surface area contributed by atoms with Gasteiger partial charge in [0.25, 0.3) is 0 Å². The number of rotatable bonds is 5. The number of piperidine rings is 1. The minimum Gasteiger partial charge on any atom is -0.365 e. The van der Waals surface area contributed by atoms with Crippen LogP contribution in [0.5, 0.6) is 0 Å². The van der Waals surface area contributed by atoms with Crippen molar-refractivity contribution >= 4 is 5.91 Å². The molecule has 7 nitrogen and oxygen atoms in total. The predicted molar refractivity (Wildman–Crippen MR) is 111 cm³/mol. The molecule has 1 amide bonds. The van der Waals surface area contributed by atoms with E-state index in [1.54, 1.807) is 0 Å². The lowest BCUT2D eigenvalue weighted by molar-refractivity contribution is -0.150. The molecule has 0 N–H and O–H groups in total. The first-order valence-corrected chi connectivity index (χ1v) is 11.6. The summed E-state index contributed by atoms with van der Waals surface area (Å²) >= 11 is 0. The van der Waals surface area contributed by atoms with E-state index in [2.05, 4.69) is 22.6 Å². The van der Waals surface area contributed by atoms with Gasteiger partial charge in [-0.25, -0.2) is 4.98 Å². The van der Waals surface area contributed by atoms with Crippen molar-refractivity contribution in [2.75, 3.05) is 33.3 Å². The van der Waals surface area contributed by atoms with Crippen molar-refractivity contribution in [3.63, 3.8) is 0 Å². The minimum atomic E-state index is -0.782. The molecular formula is C23H33N5O2. The summed E-state index contributed by atoms with van der Waals surface area (Å²) in [6.07, 6.45) is 9.66. The smallest absolute Gasteiger partial charge is 0.243 e. The first kappa shape index (κ1) is 20.0. The fraction of sp³-hybridized carbons (Fsp3) is 0.783. The van der Waals surface area contributed by atoms with Crippen LogP contribution < -0.4 is 0 Å². The van der Waals surface area contributed by atoms with Crippen molar-refractivity contribution < 1.29 is 9.53 Å². The molecule has 5 rings (SSSR count). The largest absolute Gasteiger partial charge is 0.365 e. The van der Waals surface area contributed by atoms with Gasteiger partial charge in [-0.2, -0.15) is 5.26 Å². The van der Waals surface area contributed by atoms with Crippen LogP contribution in [-0.2, 0) is 28.2 Å². The maximum Gasteiger partial charge on any atom is 0.243 e. The fourth-order valence-electron chi connectivity index (χ4n) is 5.72. The molecule has 3 fully saturated rings. The number of fused-ring (bicyclic) bond motifs is 2. The number of aromatic nitrogens is 2. The standard InChI is InChI=1S/C23H33N5O2/c1-26(15-18-4-5-18)16-19-14-25-20-23(30-13-12-28(19)20)8-10-27(11-9-23)21(29)22(17-24)6-2-3-7-22/h14,18H,2-13,15-16H2,1H3. The molecule has 0 radical (unpaired) electrons. The molecule has 2 aliphatic carbocycles. The van der Waals surface area contributed by atoms with Gasteiger partial charge in [-0.1, -0.05) is 12.8 Å². The predicted octanol–water partition coefficient (Wildman–Crippen LogP) is 2.66. The van der Waals surface area contributed by atoms with Gasteiger partial charge in [0.2, 0.25) is 5.91 Å². The third-order valence-corrected chi connectivity index (χ3v) is 7.68. The van der Waals surface area contributed by atoms with Crippen LogP contribution in [0.25, 0.3) is 0 Å². The van der Waals surface area contributed by atoms with Crippen LogP contribution in [-0.4, -0.2) is 58.5 Å². The highest BCUT2D eigenvalue weighted by atomic mass is 16.5. The van der Waals surface area contributed by atoms with Crippen molar-refractivity contribution in [2.24, 2.45) is 11.3 Å². The van der Waals surface area contributed by atoms with Crippen molar-refractivity contribution in [1.29, 1.82) is 5.26 Å². The highest BCUT2D eigenvalue weighted by molar-refractivity contribution is 5.86. The first-order chi connectivity index (χ1) is 14.6. The average Bonchev–Trinajstić information content (AvgIpc) is 3.26. The van der Waals surface area contributed by atoms with E-state index < -0.39 is 11.0 Å². The molecule has 3 heterocycles. The number of amides is 1. The van der Waals surface area contributed by atoms with E-state index in [4.69, 9.17) is 9.72 Å². The van der Waals surface area contributed by atoms with Gasteiger partial charge in [0.05, 0.1) is 18.4 Å². The van der Waals surface area contributed by atoms with E-state index >= 15 is 0 Å². The van der Waals surface area contributed by atoms with Crippen molar-refractivity contribution in [1.82, 2.24) is 19.4 Å². The molecule has 7 heteroatoms. The Morgan fingerprint density at radius 2 is 2.00 bits per heavy atom. The maximum absolute atomic E-state index is 13.1. The average molecular weight is 412 g/mol. The number of hydrogen-bond donors (Lipinski definition) is 0. The van der Waals surface area contributed by atoms with Crippen LogP contribution in [0.2, 0.25) is 0 Å². The Bertz CT molecular complexity index is 838. The maximum atomic E-state index is 13.1. The zero-order valence-electron chi connectivity index (χ0n) is 18.1. The summed E-state index contributed by atoms with van der Waals surface area (Å²) in [5.41, 5.74) is 0.0942. The molecular weight excluding hydrogens is 378 g/mol. The summed E-state index contributed by atoms with van der Waals surface area (Å²) in [5.74, 6) is 1.96. The Morgan fingerprint density at radius 3 is 2.67 bits per heavy atom. The second kappa shape index (κ2) is 7.65. The topological polar surface area (TPSA) is 74.4 Å². The van der Waals surface area contributed by atoms with E-state index in [9.17, 15) is 10.1 Å². The zero-order chi connectivity index (χ0) is 20.8. The number of nitrogens with zero attached hydrogens (tertiary/aromatic N) is 5. The third-order valence-electron chi connectivity index (χ3n) is 7.68. The number of imidazole rings is 1. The van der Waals surface area contributed by atoms with Crippen LogP contribution in [0.15, 0.2) is 6.20 Å². The summed E-state index contributed by atoms with van der Waals surface area (Å²) in [6.45, 7) is 4.93. The summed E-state index contributed by atoms with van der Waals surface area (Å²) in [7, 11) is 2.20. The Labute approximate surface area is 179 Å². The Balaban J connectivity index is 1.28. The SMILES string of the molecule is CN(Cc1cnc2n1CCOC21CCN(C(=O)C2(C#N)CCCC2)CC1)CC1CC1. The number of likely N-dealkylation sites (tertiary alicyclic amines) is 1. The molecule has 1 spiro atoms. The lowest BCUT2D eigenvalue weighted by Crippen LogP contribution is -2.52. The molecule has 1 aromatic rings. The van der Waals surface area contributed by atoms with Crippen molar-refractivity contribution in [3.05, 3.63) is 17.7 Å². The Hall–Kier alpha value is -1.91. The monoisotopic (exact) mass is 411 g/mol. The number of hydrogen-bond acceptors (Lipinski definition) is 5. The van der Waals surface area contributed by atoms with Crippen LogP contribution >= 0.6 is 0 Å². The van der Waals surface area contributed by atoms with Crippen LogP contribution in [0.4, 0.5) is 0 Å². The van der Waals surface area contributed by atoms with E-state index in [-0.39, 0.29) is 5.91 Å². The van der Waals surface area contributed by atoms with Gasteiger partial charge in [-0.3, -0.25) is 4.79 Å². The van der Waals surface area contributed by atoms with Crippen molar-refractivity contribution in [3.8, 4) is 6.07 Å². The highest BCUT2D eigenvalue weighted by Gasteiger charge is 2.48. The molecule has 1 saturated heterocycles. The summed E-state index contributed by atoms with van der Waals surface area (Å²) in [6, 6.07) is 2.36. The number of carbonyl (C=O) groups is 1. The second-order valence-electron chi connectivity index (χ2n) is 9.90. The Kier molecular flexibility index (Phi) is 5.11. The zero-order valence-corrected chi connectivity index (χ0v) is 18.1. The molecule has 2 aliphatic heterocycles. The molecule has 1 aromatic heterocycles. The number of carbonyl (C=O) groups excluding carboxylic acids is 1. The van der Waals surface area contributed by atoms with Gasteiger partial charge in [-0.05, 0) is 38.6 Å². The van der Waals surface area contributed by atoms with Gasteiger partial charge in [0.1, 0.15) is 16.8 Å². The molecule has 4 aliphatic rings. The lowest BCUT2D eigenvalue weighted by Gasteiger charge is -2.44. The van der Waals surface area contributed by atoms with E-state index in [0.29, 0.717) is 32.5 Å². The van der Waals surface area contributed by atoms with Crippen LogP contribution in [0, 0.1) is 22.7 Å². The molecule has 0 unspecified atom stereocenters. The van der Waals surface area contributed by atoms with Crippen LogP contribution in [0.3, 0.4) is 0 Å². The molecule has 0 bridgehead atoms. The highest BCUT2D eigenvalue weighted by Crippen LogP contribution is 2.43. The molecule has 2 saturated carbocycles. The lowest BCUT2D eigenvalue weighted by atomic mass is 9.83. The van der Waals surface area contributed by atoms with E-state index in [1.165, 1.54) is 25.1 Å². The van der Waals surface area contributed by atoms with E-state index in [0.717, 1.165) is 50.5 Å². The third kappa shape index (κ3) is 3.44. The summed E-state index contributed by atoms with van der Waals surface area (Å²) in [5, 5.41) is 9.68.